The monoisotopic (exact) mass is 300 g/mol. The summed E-state index contributed by atoms with van der Waals surface area (Å²) in [6.07, 6.45) is 0.0768. The van der Waals surface area contributed by atoms with Crippen LogP contribution in [0.5, 0.6) is 0 Å². The summed E-state index contributed by atoms with van der Waals surface area (Å²) >= 11 is 1.30. The molecule has 0 spiro atoms. The first-order chi connectivity index (χ1) is 9.49. The highest BCUT2D eigenvalue weighted by molar-refractivity contribution is 8.00. The number of aromatic nitrogens is 3. The second-order valence-electron chi connectivity index (χ2n) is 4.09. The van der Waals surface area contributed by atoms with E-state index in [0.717, 1.165) is 0 Å². The lowest BCUT2D eigenvalue weighted by molar-refractivity contribution is -0.142. The molecule has 1 rings (SSSR count). The Morgan fingerprint density at radius 3 is 2.70 bits per heavy atom. The number of nitrogens with zero attached hydrogens (tertiary/aromatic N) is 3. The number of amides is 1. The molecule has 0 fully saturated rings. The Bertz CT molecular complexity index is 475. The minimum Gasteiger partial charge on any atom is -0.466 e. The van der Waals surface area contributed by atoms with Gasteiger partial charge >= 0.3 is 5.97 Å². The van der Waals surface area contributed by atoms with Gasteiger partial charge in [0.2, 0.25) is 5.91 Å². The van der Waals surface area contributed by atoms with E-state index in [-0.39, 0.29) is 23.5 Å². The van der Waals surface area contributed by atoms with Crippen LogP contribution in [0.4, 0.5) is 0 Å². The van der Waals surface area contributed by atoms with Crippen molar-refractivity contribution in [3.8, 4) is 0 Å². The van der Waals surface area contributed by atoms with Crippen molar-refractivity contribution in [2.24, 2.45) is 7.05 Å². The van der Waals surface area contributed by atoms with E-state index in [1.807, 2.05) is 6.92 Å². The van der Waals surface area contributed by atoms with E-state index in [2.05, 4.69) is 15.5 Å². The van der Waals surface area contributed by atoms with Crippen LogP contribution >= 0.6 is 11.8 Å². The SMILES string of the molecule is CCNC(=O)[C@@H](C)Sc1nnc(CC(=O)OCC)n1C. The van der Waals surface area contributed by atoms with Crippen LogP contribution < -0.4 is 5.32 Å². The number of nitrogens with one attached hydrogen (secondary N) is 1. The van der Waals surface area contributed by atoms with Crippen LogP contribution in [0, 0.1) is 0 Å². The number of hydrogen-bond acceptors (Lipinski definition) is 6. The molecule has 0 saturated heterocycles. The Hall–Kier alpha value is -1.57. The number of ether oxygens (including phenoxy) is 1. The van der Waals surface area contributed by atoms with Gasteiger partial charge in [0.15, 0.2) is 5.16 Å². The van der Waals surface area contributed by atoms with Gasteiger partial charge in [-0.2, -0.15) is 0 Å². The zero-order valence-corrected chi connectivity index (χ0v) is 13.0. The smallest absolute Gasteiger partial charge is 0.313 e. The summed E-state index contributed by atoms with van der Waals surface area (Å²) in [5.74, 6) is 0.137. The number of carbonyl (C=O) groups is 2. The third-order valence-electron chi connectivity index (χ3n) is 2.54. The van der Waals surface area contributed by atoms with E-state index in [9.17, 15) is 9.59 Å². The molecule has 0 saturated carbocycles. The van der Waals surface area contributed by atoms with Gasteiger partial charge in [0.05, 0.1) is 11.9 Å². The van der Waals surface area contributed by atoms with E-state index in [1.54, 1.807) is 25.5 Å². The largest absolute Gasteiger partial charge is 0.466 e. The van der Waals surface area contributed by atoms with E-state index in [1.165, 1.54) is 11.8 Å². The summed E-state index contributed by atoms with van der Waals surface area (Å²) in [5.41, 5.74) is 0. The van der Waals surface area contributed by atoms with E-state index in [0.29, 0.717) is 24.1 Å². The van der Waals surface area contributed by atoms with Crippen molar-refractivity contribution in [2.75, 3.05) is 13.2 Å². The first-order valence-corrected chi connectivity index (χ1v) is 7.35. The number of esters is 1. The highest BCUT2D eigenvalue weighted by Crippen LogP contribution is 2.21. The van der Waals surface area contributed by atoms with Gasteiger partial charge < -0.3 is 14.6 Å². The molecule has 0 unspecified atom stereocenters. The second kappa shape index (κ2) is 7.88. The lowest BCUT2D eigenvalue weighted by Crippen LogP contribution is -2.30. The topological polar surface area (TPSA) is 86.1 Å². The van der Waals surface area contributed by atoms with Gasteiger partial charge in [0, 0.05) is 13.6 Å². The van der Waals surface area contributed by atoms with Gasteiger partial charge in [-0.1, -0.05) is 11.8 Å². The summed E-state index contributed by atoms with van der Waals surface area (Å²) in [5, 5.41) is 11.0. The van der Waals surface area contributed by atoms with Crippen LogP contribution in [0.3, 0.4) is 0 Å². The van der Waals surface area contributed by atoms with Gasteiger partial charge in [-0.05, 0) is 20.8 Å². The fourth-order valence-corrected chi connectivity index (χ4v) is 2.33. The molecule has 1 N–H and O–H groups in total. The molecule has 112 valence electrons. The number of rotatable bonds is 7. The third-order valence-corrected chi connectivity index (χ3v) is 3.67. The standard InChI is InChI=1S/C12H20N4O3S/c1-5-13-11(18)8(3)20-12-15-14-9(16(12)4)7-10(17)19-6-2/h8H,5-7H2,1-4H3,(H,13,18)/t8-/m1/s1. The molecule has 0 aliphatic heterocycles. The maximum absolute atomic E-state index is 11.7. The minimum absolute atomic E-state index is 0.0487. The van der Waals surface area contributed by atoms with Crippen LogP contribution in [-0.4, -0.2) is 45.0 Å². The average molecular weight is 300 g/mol. The molecule has 0 aliphatic rings. The van der Waals surface area contributed by atoms with Crippen molar-refractivity contribution in [3.63, 3.8) is 0 Å². The molecular weight excluding hydrogens is 280 g/mol. The van der Waals surface area contributed by atoms with Crippen molar-refractivity contribution in [1.29, 1.82) is 0 Å². The van der Waals surface area contributed by atoms with Crippen molar-refractivity contribution in [3.05, 3.63) is 5.82 Å². The van der Waals surface area contributed by atoms with Crippen LogP contribution in [0.2, 0.25) is 0 Å². The maximum atomic E-state index is 11.7. The van der Waals surface area contributed by atoms with Gasteiger partial charge in [-0.25, -0.2) is 0 Å². The fourth-order valence-electron chi connectivity index (χ4n) is 1.47. The Labute approximate surface area is 122 Å². The molecule has 0 radical (unpaired) electrons. The summed E-state index contributed by atoms with van der Waals surface area (Å²) in [7, 11) is 1.77. The first kappa shape index (κ1) is 16.5. The minimum atomic E-state index is -0.337. The van der Waals surface area contributed by atoms with Crippen molar-refractivity contribution >= 4 is 23.6 Å². The zero-order chi connectivity index (χ0) is 15.1. The fraction of sp³-hybridized carbons (Fsp3) is 0.667. The Kier molecular flexibility index (Phi) is 6.50. The molecule has 1 heterocycles. The van der Waals surface area contributed by atoms with Crippen molar-refractivity contribution < 1.29 is 14.3 Å². The van der Waals surface area contributed by atoms with Crippen molar-refractivity contribution in [1.82, 2.24) is 20.1 Å². The lowest BCUT2D eigenvalue weighted by Gasteiger charge is -2.10. The molecule has 0 aliphatic carbocycles. The zero-order valence-electron chi connectivity index (χ0n) is 12.2. The molecule has 0 aromatic carbocycles. The Morgan fingerprint density at radius 2 is 2.10 bits per heavy atom. The highest BCUT2D eigenvalue weighted by Gasteiger charge is 2.19. The van der Waals surface area contributed by atoms with Gasteiger partial charge in [0.1, 0.15) is 12.2 Å². The Balaban J connectivity index is 2.67. The molecule has 1 aromatic heterocycles. The predicted octanol–water partition coefficient (Wildman–Crippen LogP) is 0.537. The second-order valence-corrected chi connectivity index (χ2v) is 5.40. The van der Waals surface area contributed by atoms with Crippen LogP contribution in [0.25, 0.3) is 0 Å². The van der Waals surface area contributed by atoms with Crippen molar-refractivity contribution in [2.45, 2.75) is 37.6 Å². The highest BCUT2D eigenvalue weighted by atomic mass is 32.2. The van der Waals surface area contributed by atoms with E-state index >= 15 is 0 Å². The normalized spacial score (nSPS) is 12.0. The van der Waals surface area contributed by atoms with Gasteiger partial charge in [-0.3, -0.25) is 9.59 Å². The molecule has 0 bridgehead atoms. The number of hydrogen-bond donors (Lipinski definition) is 1. The number of carbonyl (C=O) groups excluding carboxylic acids is 2. The third kappa shape index (κ3) is 4.52. The van der Waals surface area contributed by atoms with Crippen LogP contribution in [0.1, 0.15) is 26.6 Å². The first-order valence-electron chi connectivity index (χ1n) is 6.47. The quantitative estimate of drug-likeness (QED) is 0.584. The summed E-state index contributed by atoms with van der Waals surface area (Å²) in [6, 6.07) is 0. The predicted molar refractivity (Wildman–Crippen MR) is 75.3 cm³/mol. The molecule has 7 nitrogen and oxygen atoms in total. The number of thioether (sulfide) groups is 1. The van der Waals surface area contributed by atoms with E-state index < -0.39 is 0 Å². The van der Waals surface area contributed by atoms with Gasteiger partial charge in [0.25, 0.3) is 0 Å². The summed E-state index contributed by atoms with van der Waals surface area (Å²) < 4.78 is 6.58. The van der Waals surface area contributed by atoms with Crippen LogP contribution in [0.15, 0.2) is 5.16 Å². The lowest BCUT2D eigenvalue weighted by atomic mass is 10.4. The van der Waals surface area contributed by atoms with Crippen LogP contribution in [-0.2, 0) is 27.8 Å². The molecule has 1 amide bonds. The summed E-state index contributed by atoms with van der Waals surface area (Å²) in [4.78, 5) is 23.1. The molecule has 1 aromatic rings. The molecular formula is C12H20N4O3S. The molecule has 20 heavy (non-hydrogen) atoms. The maximum Gasteiger partial charge on any atom is 0.313 e. The average Bonchev–Trinajstić information content (AvgIpc) is 2.72. The Morgan fingerprint density at radius 1 is 1.40 bits per heavy atom. The van der Waals surface area contributed by atoms with E-state index in [4.69, 9.17) is 4.74 Å². The molecule has 1 atom stereocenters. The van der Waals surface area contributed by atoms with Gasteiger partial charge in [-0.15, -0.1) is 10.2 Å². The molecule has 8 heteroatoms. The summed E-state index contributed by atoms with van der Waals surface area (Å²) in [6.45, 7) is 6.36.